The number of nitriles is 1. The van der Waals surface area contributed by atoms with E-state index in [1.54, 1.807) is 0 Å². The molecule has 3 saturated carbocycles. The van der Waals surface area contributed by atoms with Crippen molar-refractivity contribution < 1.29 is 9.59 Å². The monoisotopic (exact) mass is 488 g/mol. The van der Waals surface area contributed by atoms with Crippen molar-refractivity contribution in [1.29, 1.82) is 5.26 Å². The van der Waals surface area contributed by atoms with Gasteiger partial charge >= 0.3 is 0 Å². The van der Waals surface area contributed by atoms with Crippen LogP contribution in [0.25, 0.3) is 0 Å². The summed E-state index contributed by atoms with van der Waals surface area (Å²) in [5, 5.41) is 10.1. The van der Waals surface area contributed by atoms with Gasteiger partial charge < -0.3 is 5.73 Å². The van der Waals surface area contributed by atoms with Crippen molar-refractivity contribution in [2.24, 2.45) is 56.5 Å². The molecule has 1 amide bonds. The van der Waals surface area contributed by atoms with E-state index in [1.807, 2.05) is 13.0 Å². The largest absolute Gasteiger partial charge is 0.369 e. The van der Waals surface area contributed by atoms with Gasteiger partial charge in [0.1, 0.15) is 0 Å². The van der Waals surface area contributed by atoms with Crippen LogP contribution >= 0.6 is 0 Å². The normalized spacial score (nSPS) is 45.7. The molecular weight excluding hydrogens is 444 g/mol. The molecule has 0 spiro atoms. The first-order chi connectivity index (χ1) is 16.7. The molecule has 194 valence electrons. The highest BCUT2D eigenvalue weighted by Crippen LogP contribution is 2.71. The molecule has 7 unspecified atom stereocenters. The minimum absolute atomic E-state index is 0.0211. The molecule has 0 aliphatic heterocycles. The fourth-order valence-electron chi connectivity index (χ4n) is 10.3. The van der Waals surface area contributed by atoms with Gasteiger partial charge in [-0.3, -0.25) is 9.59 Å². The summed E-state index contributed by atoms with van der Waals surface area (Å²) >= 11 is 0. The number of nitrogens with zero attached hydrogens (tertiary/aromatic N) is 1. The maximum atomic E-state index is 14.2. The molecule has 5 aliphatic rings. The van der Waals surface area contributed by atoms with Gasteiger partial charge in [0.2, 0.25) is 5.91 Å². The zero-order valence-corrected chi connectivity index (χ0v) is 23.3. The predicted molar refractivity (Wildman–Crippen MR) is 142 cm³/mol. The first kappa shape index (κ1) is 25.5. The molecule has 3 fully saturated rings. The quantitative estimate of drug-likeness (QED) is 0.447. The second-order valence-electron chi connectivity index (χ2n) is 14.5. The van der Waals surface area contributed by atoms with Crippen LogP contribution < -0.4 is 5.73 Å². The van der Waals surface area contributed by atoms with Crippen molar-refractivity contribution in [3.05, 3.63) is 34.9 Å². The van der Waals surface area contributed by atoms with Crippen LogP contribution in [0.1, 0.15) is 93.4 Å². The van der Waals surface area contributed by atoms with E-state index >= 15 is 0 Å². The third kappa shape index (κ3) is 3.10. The molecule has 0 radical (unpaired) electrons. The lowest BCUT2D eigenvalue weighted by Gasteiger charge is -2.65. The summed E-state index contributed by atoms with van der Waals surface area (Å²) in [7, 11) is 0. The van der Waals surface area contributed by atoms with Crippen molar-refractivity contribution >= 4 is 11.7 Å². The van der Waals surface area contributed by atoms with Gasteiger partial charge in [-0.2, -0.15) is 5.26 Å². The highest BCUT2D eigenvalue weighted by molar-refractivity contribution is 5.96. The van der Waals surface area contributed by atoms with Crippen molar-refractivity contribution in [2.75, 3.05) is 0 Å². The minimum atomic E-state index is -0.545. The summed E-state index contributed by atoms with van der Waals surface area (Å²) in [6.07, 6.45) is 12.7. The van der Waals surface area contributed by atoms with Gasteiger partial charge in [-0.15, -0.1) is 0 Å². The molecule has 0 aromatic rings. The Morgan fingerprint density at radius 1 is 1.06 bits per heavy atom. The molecule has 0 saturated heterocycles. The van der Waals surface area contributed by atoms with E-state index in [1.165, 1.54) is 5.57 Å². The Kier molecular flexibility index (Phi) is 5.44. The minimum Gasteiger partial charge on any atom is -0.369 e. The number of amides is 1. The molecule has 2 N–H and O–H groups in total. The van der Waals surface area contributed by atoms with Crippen LogP contribution in [0.5, 0.6) is 0 Å². The van der Waals surface area contributed by atoms with Gasteiger partial charge in [-0.1, -0.05) is 59.3 Å². The van der Waals surface area contributed by atoms with Gasteiger partial charge in [0.15, 0.2) is 5.78 Å². The van der Waals surface area contributed by atoms with Gasteiger partial charge in [-0.05, 0) is 97.5 Å². The van der Waals surface area contributed by atoms with E-state index in [0.717, 1.165) is 56.1 Å². The number of allylic oxidation sites excluding steroid dienone is 6. The Bertz CT molecular complexity index is 1160. The lowest BCUT2D eigenvalue weighted by atomic mass is 9.38. The van der Waals surface area contributed by atoms with Crippen LogP contribution in [0.4, 0.5) is 0 Å². The average Bonchev–Trinajstić information content (AvgIpc) is 2.78. The molecule has 5 aliphatic carbocycles. The molecule has 4 heteroatoms. The Labute approximate surface area is 217 Å². The SMILES string of the molecule is C/C=C1\C(C#N)=CC2(C)C3=CC(=O)C4C(CCC5(C(N)=O)CCC(C)(C)CC45)C3(C)CCC2C1(C)C. The van der Waals surface area contributed by atoms with E-state index < -0.39 is 5.41 Å². The summed E-state index contributed by atoms with van der Waals surface area (Å²) in [5.41, 5.74) is 8.21. The fraction of sp³-hybridized carbons (Fsp3) is 0.719. The standard InChI is InChI=1S/C32H44N2O2/c1-8-20-19(18-33)16-31(7)24(29(20,4)5)10-11-30(6)21-9-12-32(27(34)36)14-13-28(2,3)17-22(32)26(21)23(35)15-25(30)31/h8,15-16,21-22,24,26H,9-14,17H2,1-7H3,(H2,34,36)/b20-8+. The lowest BCUT2D eigenvalue weighted by Crippen LogP contribution is -2.62. The third-order valence-corrected chi connectivity index (χ3v) is 12.0. The van der Waals surface area contributed by atoms with Gasteiger partial charge in [0.05, 0.1) is 17.1 Å². The molecule has 5 rings (SSSR count). The van der Waals surface area contributed by atoms with E-state index in [2.05, 4.69) is 59.8 Å². The van der Waals surface area contributed by atoms with Crippen LogP contribution in [0.2, 0.25) is 0 Å². The Morgan fingerprint density at radius 3 is 2.36 bits per heavy atom. The zero-order valence-electron chi connectivity index (χ0n) is 23.3. The highest BCUT2D eigenvalue weighted by Gasteiger charge is 2.66. The Balaban J connectivity index is 1.67. The van der Waals surface area contributed by atoms with E-state index in [9.17, 15) is 14.9 Å². The van der Waals surface area contributed by atoms with Gasteiger partial charge in [-0.25, -0.2) is 0 Å². The molecule has 0 aromatic carbocycles. The summed E-state index contributed by atoms with van der Waals surface area (Å²) in [5.74, 6) is 0.441. The Hall–Kier alpha value is -2.15. The fourth-order valence-corrected chi connectivity index (χ4v) is 10.3. The summed E-state index contributed by atoms with van der Waals surface area (Å²) in [6.45, 7) is 15.8. The molecule has 7 atom stereocenters. The van der Waals surface area contributed by atoms with Crippen LogP contribution in [0.3, 0.4) is 0 Å². The van der Waals surface area contributed by atoms with Crippen molar-refractivity contribution in [3.63, 3.8) is 0 Å². The molecular formula is C32H44N2O2. The number of hydrogen-bond donors (Lipinski definition) is 1. The zero-order chi connectivity index (χ0) is 26.5. The molecule has 4 nitrogen and oxygen atoms in total. The summed E-state index contributed by atoms with van der Waals surface area (Å²) in [4.78, 5) is 27.1. The van der Waals surface area contributed by atoms with Crippen molar-refractivity contribution in [3.8, 4) is 6.07 Å². The number of primary amides is 1. The third-order valence-electron chi connectivity index (χ3n) is 12.0. The number of fused-ring (bicyclic) bond motifs is 7. The number of carbonyl (C=O) groups is 2. The first-order valence-electron chi connectivity index (χ1n) is 14.0. The highest BCUT2D eigenvalue weighted by atomic mass is 16.1. The van der Waals surface area contributed by atoms with Gasteiger partial charge in [0, 0.05) is 11.3 Å². The first-order valence-corrected chi connectivity index (χ1v) is 14.0. The second-order valence-corrected chi connectivity index (χ2v) is 14.5. The number of ketones is 1. The predicted octanol–water partition coefficient (Wildman–Crippen LogP) is 6.68. The molecule has 0 heterocycles. The average molecular weight is 489 g/mol. The van der Waals surface area contributed by atoms with E-state index in [4.69, 9.17) is 5.73 Å². The smallest absolute Gasteiger partial charge is 0.223 e. The summed E-state index contributed by atoms with van der Waals surface area (Å²) < 4.78 is 0. The topological polar surface area (TPSA) is 83.9 Å². The van der Waals surface area contributed by atoms with Gasteiger partial charge in [0.25, 0.3) is 0 Å². The van der Waals surface area contributed by atoms with E-state index in [-0.39, 0.29) is 51.1 Å². The van der Waals surface area contributed by atoms with Crippen LogP contribution in [-0.2, 0) is 9.59 Å². The van der Waals surface area contributed by atoms with Crippen LogP contribution in [0, 0.1) is 62.1 Å². The lowest BCUT2D eigenvalue weighted by molar-refractivity contribution is -0.158. The number of rotatable bonds is 1. The maximum Gasteiger partial charge on any atom is 0.223 e. The molecule has 0 aromatic heterocycles. The maximum absolute atomic E-state index is 14.2. The molecule has 0 bridgehead atoms. The Morgan fingerprint density at radius 2 is 1.75 bits per heavy atom. The van der Waals surface area contributed by atoms with Crippen LogP contribution in [0.15, 0.2) is 34.9 Å². The number of hydrogen-bond acceptors (Lipinski definition) is 3. The second kappa shape index (κ2) is 7.68. The van der Waals surface area contributed by atoms with Crippen LogP contribution in [-0.4, -0.2) is 11.7 Å². The molecule has 36 heavy (non-hydrogen) atoms. The number of carbonyl (C=O) groups excluding carboxylic acids is 2. The number of nitrogens with two attached hydrogens (primary N) is 1. The van der Waals surface area contributed by atoms with E-state index in [0.29, 0.717) is 5.92 Å². The van der Waals surface area contributed by atoms with Crippen molar-refractivity contribution in [2.45, 2.75) is 93.4 Å². The van der Waals surface area contributed by atoms with Crippen molar-refractivity contribution in [1.82, 2.24) is 0 Å². The summed E-state index contributed by atoms with van der Waals surface area (Å²) in [6, 6.07) is 2.49.